The van der Waals surface area contributed by atoms with Gasteiger partial charge in [0.05, 0.1) is 6.61 Å². The van der Waals surface area contributed by atoms with Crippen LogP contribution in [0, 0.1) is 0 Å². The number of rotatable bonds is 6. The van der Waals surface area contributed by atoms with Crippen molar-refractivity contribution in [2.75, 3.05) is 13.7 Å². The molecular formula is C17H22N4O5. The van der Waals surface area contributed by atoms with Gasteiger partial charge in [0.1, 0.15) is 5.54 Å². The van der Waals surface area contributed by atoms with E-state index in [0.717, 1.165) is 10.5 Å². The van der Waals surface area contributed by atoms with Crippen LogP contribution >= 0.6 is 0 Å². The smallest absolute Gasteiger partial charge is 0.325 e. The van der Waals surface area contributed by atoms with E-state index in [-0.39, 0.29) is 13.0 Å². The Morgan fingerprint density at radius 3 is 2.35 bits per heavy atom. The summed E-state index contributed by atoms with van der Waals surface area (Å²) in [5.74, 6) is -1.38. The molecule has 2 rings (SSSR count). The van der Waals surface area contributed by atoms with Crippen LogP contribution in [-0.4, -0.2) is 47.8 Å². The second-order valence-electron chi connectivity index (χ2n) is 6.39. The Bertz CT molecular complexity index is 714. The number of nitrogens with zero attached hydrogens (tertiary/aromatic N) is 1. The molecule has 1 aromatic carbocycles. The van der Waals surface area contributed by atoms with E-state index in [1.54, 1.807) is 45.2 Å². The van der Waals surface area contributed by atoms with Crippen LogP contribution < -0.4 is 16.2 Å². The molecule has 0 atom stereocenters. The van der Waals surface area contributed by atoms with Gasteiger partial charge in [-0.1, -0.05) is 12.1 Å². The third-order valence-corrected chi connectivity index (χ3v) is 3.85. The van der Waals surface area contributed by atoms with Crippen LogP contribution in [0.1, 0.15) is 36.2 Å². The van der Waals surface area contributed by atoms with Gasteiger partial charge < -0.3 is 10.1 Å². The second kappa shape index (κ2) is 7.96. The van der Waals surface area contributed by atoms with E-state index in [9.17, 15) is 19.2 Å². The lowest BCUT2D eigenvalue weighted by Crippen LogP contribution is -2.44. The number of ether oxygens (including phenoxy) is 1. The van der Waals surface area contributed by atoms with Crippen molar-refractivity contribution in [1.29, 1.82) is 0 Å². The zero-order valence-electron chi connectivity index (χ0n) is 14.9. The number of hydrazine groups is 1. The van der Waals surface area contributed by atoms with Gasteiger partial charge in [0.25, 0.3) is 11.8 Å². The highest BCUT2D eigenvalue weighted by Gasteiger charge is 2.43. The summed E-state index contributed by atoms with van der Waals surface area (Å²) in [7, 11) is 1.58. The van der Waals surface area contributed by atoms with Crippen molar-refractivity contribution in [1.82, 2.24) is 21.1 Å². The molecule has 0 saturated carbocycles. The van der Waals surface area contributed by atoms with Crippen LogP contribution in [-0.2, 0) is 20.9 Å². The number of imide groups is 1. The van der Waals surface area contributed by atoms with E-state index >= 15 is 0 Å². The molecule has 3 N–H and O–H groups in total. The van der Waals surface area contributed by atoms with Crippen molar-refractivity contribution in [3.05, 3.63) is 35.4 Å². The zero-order chi connectivity index (χ0) is 19.3. The van der Waals surface area contributed by atoms with E-state index in [4.69, 9.17) is 4.74 Å². The van der Waals surface area contributed by atoms with Crippen LogP contribution in [0.2, 0.25) is 0 Å². The molecule has 9 nitrogen and oxygen atoms in total. The number of hydrogen-bond donors (Lipinski definition) is 3. The summed E-state index contributed by atoms with van der Waals surface area (Å²) in [6.45, 7) is 3.55. The van der Waals surface area contributed by atoms with Crippen LogP contribution in [0.4, 0.5) is 4.79 Å². The molecular weight excluding hydrogens is 340 g/mol. The van der Waals surface area contributed by atoms with Crippen molar-refractivity contribution in [2.45, 2.75) is 32.4 Å². The first-order valence-electron chi connectivity index (χ1n) is 8.06. The Kier molecular flexibility index (Phi) is 5.93. The number of methoxy groups -OCH3 is 1. The molecule has 1 aliphatic heterocycles. The summed E-state index contributed by atoms with van der Waals surface area (Å²) in [4.78, 5) is 48.5. The van der Waals surface area contributed by atoms with E-state index in [1.165, 1.54) is 0 Å². The number of urea groups is 1. The van der Waals surface area contributed by atoms with Crippen molar-refractivity contribution in [3.8, 4) is 0 Å². The molecule has 0 radical (unpaired) electrons. The van der Waals surface area contributed by atoms with Gasteiger partial charge in [-0.2, -0.15) is 0 Å². The highest BCUT2D eigenvalue weighted by Crippen LogP contribution is 2.16. The lowest BCUT2D eigenvalue weighted by Gasteiger charge is -2.15. The maximum atomic E-state index is 12.0. The standard InChI is InChI=1S/C17H22N4O5/c1-17(2)15(24)21(16(25)18-17)9-8-13(22)19-20-14(23)12-6-4-11(5-7-12)10-26-3/h4-7H,8-10H2,1-3H3,(H,18,25)(H,19,22)(H,20,23). The fourth-order valence-electron chi connectivity index (χ4n) is 2.41. The molecule has 1 aliphatic rings. The molecule has 1 fully saturated rings. The van der Waals surface area contributed by atoms with Crippen molar-refractivity contribution < 1.29 is 23.9 Å². The summed E-state index contributed by atoms with van der Waals surface area (Å²) in [6.07, 6.45) is -0.123. The van der Waals surface area contributed by atoms with Crippen LogP contribution in [0.15, 0.2) is 24.3 Å². The third kappa shape index (κ3) is 4.57. The number of benzene rings is 1. The third-order valence-electron chi connectivity index (χ3n) is 3.85. The van der Waals surface area contributed by atoms with Crippen molar-refractivity contribution >= 4 is 23.8 Å². The summed E-state index contributed by atoms with van der Waals surface area (Å²) in [5, 5.41) is 2.53. The Morgan fingerprint density at radius 2 is 1.81 bits per heavy atom. The van der Waals surface area contributed by atoms with Crippen LogP contribution in [0.3, 0.4) is 0 Å². The molecule has 26 heavy (non-hydrogen) atoms. The number of amides is 5. The van der Waals surface area contributed by atoms with Crippen molar-refractivity contribution in [2.24, 2.45) is 0 Å². The predicted molar refractivity (Wildman–Crippen MR) is 91.7 cm³/mol. The summed E-state index contributed by atoms with van der Waals surface area (Å²) >= 11 is 0. The van der Waals surface area contributed by atoms with Gasteiger partial charge in [-0.15, -0.1) is 0 Å². The highest BCUT2D eigenvalue weighted by atomic mass is 16.5. The highest BCUT2D eigenvalue weighted by molar-refractivity contribution is 6.06. The Balaban J connectivity index is 1.79. The first-order chi connectivity index (χ1) is 12.2. The lowest BCUT2D eigenvalue weighted by molar-refractivity contribution is -0.130. The molecule has 9 heteroatoms. The van der Waals surface area contributed by atoms with E-state index < -0.39 is 29.3 Å². The fraction of sp³-hybridized carbons (Fsp3) is 0.412. The second-order valence-corrected chi connectivity index (χ2v) is 6.39. The normalized spacial score (nSPS) is 15.6. The maximum Gasteiger partial charge on any atom is 0.325 e. The molecule has 140 valence electrons. The SMILES string of the molecule is COCc1ccc(C(=O)NNC(=O)CCN2C(=O)NC(C)(C)C2=O)cc1. The monoisotopic (exact) mass is 362 g/mol. The minimum atomic E-state index is -0.975. The van der Waals surface area contributed by atoms with Gasteiger partial charge in [-0.25, -0.2) is 4.79 Å². The van der Waals surface area contributed by atoms with Crippen LogP contribution in [0.5, 0.6) is 0 Å². The molecule has 0 unspecified atom stereocenters. The molecule has 1 aromatic rings. The number of carbonyl (C=O) groups is 4. The number of carbonyl (C=O) groups excluding carboxylic acids is 4. The average Bonchev–Trinajstić information content (AvgIpc) is 2.79. The van der Waals surface area contributed by atoms with E-state index in [2.05, 4.69) is 16.2 Å². The van der Waals surface area contributed by atoms with Crippen LogP contribution in [0.25, 0.3) is 0 Å². The molecule has 5 amide bonds. The minimum absolute atomic E-state index is 0.0679. The fourth-order valence-corrected chi connectivity index (χ4v) is 2.41. The van der Waals surface area contributed by atoms with Gasteiger partial charge in [-0.05, 0) is 31.5 Å². The Labute approximate surface area is 151 Å². The lowest BCUT2D eigenvalue weighted by atomic mass is 10.1. The summed E-state index contributed by atoms with van der Waals surface area (Å²) < 4.78 is 4.99. The molecule has 0 aliphatic carbocycles. The number of nitrogens with one attached hydrogen (secondary N) is 3. The summed E-state index contributed by atoms with van der Waals surface area (Å²) in [5.41, 5.74) is 4.87. The van der Waals surface area contributed by atoms with E-state index in [1.807, 2.05) is 0 Å². The minimum Gasteiger partial charge on any atom is -0.380 e. The molecule has 0 bridgehead atoms. The molecule has 0 spiro atoms. The van der Waals surface area contributed by atoms with Gasteiger partial charge in [0.2, 0.25) is 5.91 Å². The summed E-state index contributed by atoms with van der Waals surface area (Å²) in [6, 6.07) is 6.20. The van der Waals surface area contributed by atoms with Gasteiger partial charge in [0.15, 0.2) is 0 Å². The van der Waals surface area contributed by atoms with Crippen molar-refractivity contribution in [3.63, 3.8) is 0 Å². The molecule has 1 heterocycles. The Hall–Kier alpha value is -2.94. The predicted octanol–water partition coefficient (Wildman–Crippen LogP) is 0.315. The molecule has 1 saturated heterocycles. The first-order valence-corrected chi connectivity index (χ1v) is 8.06. The van der Waals surface area contributed by atoms with Gasteiger partial charge in [0, 0.05) is 25.6 Å². The Morgan fingerprint density at radius 1 is 1.15 bits per heavy atom. The maximum absolute atomic E-state index is 12.0. The zero-order valence-corrected chi connectivity index (χ0v) is 14.9. The molecule has 0 aromatic heterocycles. The van der Waals surface area contributed by atoms with Gasteiger partial charge in [-0.3, -0.25) is 30.1 Å². The van der Waals surface area contributed by atoms with Gasteiger partial charge >= 0.3 is 6.03 Å². The largest absolute Gasteiger partial charge is 0.380 e. The number of hydrogen-bond acceptors (Lipinski definition) is 5. The van der Waals surface area contributed by atoms with E-state index in [0.29, 0.717) is 12.2 Å². The quantitative estimate of drug-likeness (QED) is 0.498. The topological polar surface area (TPSA) is 117 Å². The average molecular weight is 362 g/mol. The first kappa shape index (κ1) is 19.4.